The highest BCUT2D eigenvalue weighted by molar-refractivity contribution is 5.48. The SMILES string of the molecule is C=C/C=C(/C=C1/C=CC=CC1)C(=C/C)\N=C. The fourth-order valence-electron chi connectivity index (χ4n) is 1.52. The normalized spacial score (nSPS) is 18.9. The van der Waals surface area contributed by atoms with Crippen molar-refractivity contribution < 1.29 is 0 Å². The molecule has 0 bridgehead atoms. The Bertz CT molecular complexity index is 415. The molecule has 0 radical (unpaired) electrons. The zero-order valence-electron chi connectivity index (χ0n) is 9.69. The first kappa shape index (κ1) is 12.2. The average molecular weight is 211 g/mol. The Hall–Kier alpha value is -1.89. The Kier molecular flexibility index (Phi) is 5.00. The first-order chi connectivity index (χ1) is 7.81. The van der Waals surface area contributed by atoms with E-state index in [9.17, 15) is 0 Å². The molecule has 1 aliphatic rings. The quantitative estimate of drug-likeness (QED) is 0.489. The van der Waals surface area contributed by atoms with Gasteiger partial charge in [-0.05, 0) is 37.3 Å². The summed E-state index contributed by atoms with van der Waals surface area (Å²) in [7, 11) is 0. The number of hydrogen-bond donors (Lipinski definition) is 0. The Balaban J connectivity index is 3.01. The molecule has 1 aliphatic carbocycles. The van der Waals surface area contributed by atoms with Crippen LogP contribution in [0.15, 0.2) is 77.0 Å². The summed E-state index contributed by atoms with van der Waals surface area (Å²) in [6, 6.07) is 0. The third kappa shape index (κ3) is 3.35. The van der Waals surface area contributed by atoms with E-state index in [4.69, 9.17) is 0 Å². The summed E-state index contributed by atoms with van der Waals surface area (Å²) in [4.78, 5) is 4.00. The van der Waals surface area contributed by atoms with E-state index in [2.05, 4.69) is 42.6 Å². The number of hydrogen-bond acceptors (Lipinski definition) is 1. The number of nitrogens with zero attached hydrogens (tertiary/aromatic N) is 1. The Morgan fingerprint density at radius 3 is 2.75 bits per heavy atom. The molecule has 0 heterocycles. The van der Waals surface area contributed by atoms with Gasteiger partial charge in [0.05, 0.1) is 5.70 Å². The topological polar surface area (TPSA) is 12.4 Å². The van der Waals surface area contributed by atoms with E-state index < -0.39 is 0 Å². The molecule has 0 fully saturated rings. The van der Waals surface area contributed by atoms with Gasteiger partial charge in [-0.15, -0.1) is 0 Å². The highest BCUT2D eigenvalue weighted by Gasteiger charge is 2.00. The smallest absolute Gasteiger partial charge is 0.0652 e. The van der Waals surface area contributed by atoms with Crippen molar-refractivity contribution in [2.24, 2.45) is 4.99 Å². The highest BCUT2D eigenvalue weighted by atomic mass is 14.7. The number of rotatable bonds is 4. The maximum atomic E-state index is 4.00. The average Bonchev–Trinajstić information content (AvgIpc) is 2.32. The fourth-order valence-corrected chi connectivity index (χ4v) is 1.52. The van der Waals surface area contributed by atoms with Gasteiger partial charge >= 0.3 is 0 Å². The third-order valence-electron chi connectivity index (χ3n) is 2.29. The van der Waals surface area contributed by atoms with Crippen LogP contribution in [0.2, 0.25) is 0 Å². The van der Waals surface area contributed by atoms with Crippen LogP contribution in [0.1, 0.15) is 13.3 Å². The Labute approximate surface area is 97.6 Å². The Morgan fingerprint density at radius 2 is 2.25 bits per heavy atom. The summed E-state index contributed by atoms with van der Waals surface area (Å²) in [6.07, 6.45) is 17.1. The van der Waals surface area contributed by atoms with Crippen molar-refractivity contribution in [1.82, 2.24) is 0 Å². The molecule has 0 unspecified atom stereocenters. The van der Waals surface area contributed by atoms with Crippen molar-refractivity contribution in [3.63, 3.8) is 0 Å². The summed E-state index contributed by atoms with van der Waals surface area (Å²) in [5, 5.41) is 0. The lowest BCUT2D eigenvalue weighted by atomic mass is 10.0. The second-order valence-electron chi connectivity index (χ2n) is 3.40. The van der Waals surface area contributed by atoms with Crippen LogP contribution in [0.3, 0.4) is 0 Å². The second kappa shape index (κ2) is 6.57. The van der Waals surface area contributed by atoms with Crippen LogP contribution in [0.4, 0.5) is 0 Å². The van der Waals surface area contributed by atoms with E-state index in [0.29, 0.717) is 0 Å². The highest BCUT2D eigenvalue weighted by Crippen LogP contribution is 2.19. The molecule has 0 N–H and O–H groups in total. The summed E-state index contributed by atoms with van der Waals surface area (Å²) in [5.74, 6) is 0. The fraction of sp³-hybridized carbons (Fsp3) is 0.133. The van der Waals surface area contributed by atoms with Crippen molar-refractivity contribution in [1.29, 1.82) is 0 Å². The van der Waals surface area contributed by atoms with Gasteiger partial charge in [-0.25, -0.2) is 0 Å². The maximum Gasteiger partial charge on any atom is 0.0652 e. The predicted octanol–water partition coefficient (Wildman–Crippen LogP) is 4.15. The molecule has 0 aliphatic heterocycles. The van der Waals surface area contributed by atoms with Gasteiger partial charge in [0.15, 0.2) is 0 Å². The first-order valence-electron chi connectivity index (χ1n) is 5.31. The van der Waals surface area contributed by atoms with Gasteiger partial charge in [0, 0.05) is 0 Å². The lowest BCUT2D eigenvalue weighted by Gasteiger charge is -2.06. The molecule has 0 aromatic heterocycles. The summed E-state index contributed by atoms with van der Waals surface area (Å²) in [6.45, 7) is 9.25. The molecule has 1 heteroatoms. The molecule has 0 aromatic carbocycles. The van der Waals surface area contributed by atoms with Gasteiger partial charge < -0.3 is 0 Å². The molecule has 16 heavy (non-hydrogen) atoms. The standard InChI is InChI=1S/C15H17N/c1-4-9-14(15(5-2)16-3)12-13-10-7-6-8-11-13/h4-10,12H,1,3,11H2,2H3/b13-12-,14-9-,15-5+. The van der Waals surface area contributed by atoms with E-state index in [1.807, 2.05) is 25.2 Å². The van der Waals surface area contributed by atoms with Crippen molar-refractivity contribution in [3.8, 4) is 0 Å². The van der Waals surface area contributed by atoms with Gasteiger partial charge in [-0.1, -0.05) is 49.1 Å². The van der Waals surface area contributed by atoms with Gasteiger partial charge in [0.1, 0.15) is 0 Å². The molecule has 0 saturated heterocycles. The number of aliphatic imine (C=N–C) groups is 1. The second-order valence-corrected chi connectivity index (χ2v) is 3.40. The third-order valence-corrected chi connectivity index (χ3v) is 2.29. The largest absolute Gasteiger partial charge is 0.264 e. The molecule has 0 amide bonds. The van der Waals surface area contributed by atoms with Crippen LogP contribution in [-0.4, -0.2) is 6.72 Å². The van der Waals surface area contributed by atoms with Crippen LogP contribution in [0, 0.1) is 0 Å². The first-order valence-corrected chi connectivity index (χ1v) is 5.31. The molecular weight excluding hydrogens is 194 g/mol. The minimum Gasteiger partial charge on any atom is -0.264 e. The van der Waals surface area contributed by atoms with Crippen molar-refractivity contribution in [2.45, 2.75) is 13.3 Å². The Morgan fingerprint density at radius 1 is 1.44 bits per heavy atom. The van der Waals surface area contributed by atoms with Gasteiger partial charge in [0.25, 0.3) is 0 Å². The molecule has 1 rings (SSSR count). The van der Waals surface area contributed by atoms with Crippen LogP contribution in [0.25, 0.3) is 0 Å². The molecule has 0 atom stereocenters. The summed E-state index contributed by atoms with van der Waals surface area (Å²) >= 11 is 0. The minimum absolute atomic E-state index is 0.885. The molecule has 1 nitrogen and oxygen atoms in total. The minimum atomic E-state index is 0.885. The molecule has 82 valence electrons. The zero-order chi connectivity index (χ0) is 11.8. The van der Waals surface area contributed by atoms with E-state index in [0.717, 1.165) is 17.7 Å². The lowest BCUT2D eigenvalue weighted by Crippen LogP contribution is -1.87. The van der Waals surface area contributed by atoms with Crippen molar-refractivity contribution in [3.05, 3.63) is 72.0 Å². The predicted molar refractivity (Wildman–Crippen MR) is 72.6 cm³/mol. The number of allylic oxidation sites excluding steroid dienone is 9. The summed E-state index contributed by atoms with van der Waals surface area (Å²) < 4.78 is 0. The monoisotopic (exact) mass is 211 g/mol. The van der Waals surface area contributed by atoms with Crippen molar-refractivity contribution >= 4 is 6.72 Å². The van der Waals surface area contributed by atoms with Crippen LogP contribution < -0.4 is 0 Å². The van der Waals surface area contributed by atoms with Crippen LogP contribution in [-0.2, 0) is 0 Å². The lowest BCUT2D eigenvalue weighted by molar-refractivity contribution is 1.24. The summed E-state index contributed by atoms with van der Waals surface area (Å²) in [5.41, 5.74) is 3.19. The van der Waals surface area contributed by atoms with Gasteiger partial charge in [-0.2, -0.15) is 0 Å². The molecule has 0 spiro atoms. The molecule has 0 aromatic rings. The van der Waals surface area contributed by atoms with Gasteiger partial charge in [0.2, 0.25) is 0 Å². The van der Waals surface area contributed by atoms with Crippen LogP contribution in [0.5, 0.6) is 0 Å². The van der Waals surface area contributed by atoms with E-state index in [1.165, 1.54) is 5.57 Å². The zero-order valence-corrected chi connectivity index (χ0v) is 9.69. The van der Waals surface area contributed by atoms with E-state index in [-0.39, 0.29) is 0 Å². The van der Waals surface area contributed by atoms with Crippen molar-refractivity contribution in [2.75, 3.05) is 0 Å². The molecular formula is C15H17N. The van der Waals surface area contributed by atoms with Gasteiger partial charge in [-0.3, -0.25) is 4.99 Å². The van der Waals surface area contributed by atoms with E-state index in [1.54, 1.807) is 6.08 Å². The van der Waals surface area contributed by atoms with Crippen LogP contribution >= 0.6 is 0 Å². The molecule has 0 saturated carbocycles. The maximum absolute atomic E-state index is 4.00. The van der Waals surface area contributed by atoms with E-state index >= 15 is 0 Å².